The zero-order valence-electron chi connectivity index (χ0n) is 12.0. The molecule has 0 bridgehead atoms. The highest BCUT2D eigenvalue weighted by molar-refractivity contribution is 6.00. The number of fused-ring (bicyclic) bond motifs is 1. The van der Waals surface area contributed by atoms with Gasteiger partial charge in [0, 0.05) is 40.1 Å². The fraction of sp³-hybridized carbons (Fsp3) is 0.438. The Morgan fingerprint density at radius 3 is 2.84 bits per heavy atom. The number of rotatable bonds is 5. The number of nitrogens with one attached hydrogen (secondary N) is 1. The van der Waals surface area contributed by atoms with Gasteiger partial charge in [-0.15, -0.1) is 0 Å². The zero-order valence-corrected chi connectivity index (χ0v) is 12.0. The fourth-order valence-electron chi connectivity index (χ4n) is 2.34. The topological polar surface area (TPSA) is 50.9 Å². The zero-order chi connectivity index (χ0) is 13.8. The normalized spacial score (nSPS) is 12.6. The summed E-state index contributed by atoms with van der Waals surface area (Å²) in [4.78, 5) is 4.33. The number of aryl methyl sites for hydroxylation is 1. The van der Waals surface area contributed by atoms with Gasteiger partial charge in [0.15, 0.2) is 0 Å². The maximum absolute atomic E-state index is 6.02. The maximum atomic E-state index is 6.02. The van der Waals surface area contributed by atoms with E-state index in [1.54, 1.807) is 0 Å². The van der Waals surface area contributed by atoms with E-state index in [2.05, 4.69) is 36.3 Å². The van der Waals surface area contributed by atoms with Gasteiger partial charge in [0.1, 0.15) is 0 Å². The molecule has 0 amide bonds. The van der Waals surface area contributed by atoms with Crippen molar-refractivity contribution in [3.05, 3.63) is 30.1 Å². The number of pyridine rings is 1. The second kappa shape index (κ2) is 5.91. The fourth-order valence-corrected chi connectivity index (χ4v) is 2.34. The molecule has 0 aliphatic rings. The maximum Gasteiger partial charge on any atom is 0.0424 e. The highest BCUT2D eigenvalue weighted by Gasteiger charge is 2.08. The molecule has 0 saturated heterocycles. The second-order valence-electron chi connectivity index (χ2n) is 5.26. The average Bonchev–Trinajstić information content (AvgIpc) is 2.39. The van der Waals surface area contributed by atoms with E-state index in [1.807, 2.05) is 19.2 Å². The van der Waals surface area contributed by atoms with E-state index in [0.717, 1.165) is 27.8 Å². The van der Waals surface area contributed by atoms with E-state index in [-0.39, 0.29) is 0 Å². The molecule has 0 spiro atoms. The molecular weight excluding hydrogens is 234 g/mol. The highest BCUT2D eigenvalue weighted by atomic mass is 14.9. The predicted molar refractivity (Wildman–Crippen MR) is 83.5 cm³/mol. The Kier molecular flexibility index (Phi) is 4.25. The van der Waals surface area contributed by atoms with Crippen LogP contribution in [0.5, 0.6) is 0 Å². The molecule has 1 aromatic heterocycles. The second-order valence-corrected chi connectivity index (χ2v) is 5.26. The molecule has 3 nitrogen and oxygen atoms in total. The Labute approximate surface area is 115 Å². The van der Waals surface area contributed by atoms with Crippen LogP contribution in [0.1, 0.15) is 38.8 Å². The van der Waals surface area contributed by atoms with Crippen LogP contribution < -0.4 is 11.1 Å². The van der Waals surface area contributed by atoms with Gasteiger partial charge in [-0.3, -0.25) is 4.98 Å². The van der Waals surface area contributed by atoms with Gasteiger partial charge in [0.05, 0.1) is 0 Å². The Bertz CT molecular complexity index is 563. The van der Waals surface area contributed by atoms with Crippen LogP contribution in [0.2, 0.25) is 0 Å². The smallest absolute Gasteiger partial charge is 0.0424 e. The summed E-state index contributed by atoms with van der Waals surface area (Å²) in [7, 11) is 0. The lowest BCUT2D eigenvalue weighted by molar-refractivity contribution is 0.645. The third kappa shape index (κ3) is 3.16. The molecule has 1 unspecified atom stereocenters. The molecular formula is C16H23N3. The van der Waals surface area contributed by atoms with E-state index in [9.17, 15) is 0 Å². The van der Waals surface area contributed by atoms with Crippen molar-refractivity contribution in [2.24, 2.45) is 0 Å². The van der Waals surface area contributed by atoms with Gasteiger partial charge in [0.25, 0.3) is 0 Å². The van der Waals surface area contributed by atoms with E-state index in [4.69, 9.17) is 5.73 Å². The highest BCUT2D eigenvalue weighted by Crippen LogP contribution is 2.29. The van der Waals surface area contributed by atoms with Crippen LogP contribution >= 0.6 is 0 Å². The van der Waals surface area contributed by atoms with Crippen molar-refractivity contribution in [3.8, 4) is 0 Å². The summed E-state index contributed by atoms with van der Waals surface area (Å²) in [6.45, 7) is 6.46. The molecule has 2 aromatic rings. The Morgan fingerprint density at radius 1 is 1.32 bits per heavy atom. The summed E-state index contributed by atoms with van der Waals surface area (Å²) in [6, 6.07) is 6.59. The van der Waals surface area contributed by atoms with Crippen LogP contribution in [-0.2, 0) is 0 Å². The number of hydrogen-bond donors (Lipinski definition) is 2. The number of anilines is 2. The van der Waals surface area contributed by atoms with Gasteiger partial charge >= 0.3 is 0 Å². The molecule has 1 aromatic carbocycles. The third-order valence-corrected chi connectivity index (χ3v) is 3.46. The van der Waals surface area contributed by atoms with Gasteiger partial charge in [-0.1, -0.05) is 19.8 Å². The minimum atomic E-state index is 0.472. The van der Waals surface area contributed by atoms with Crippen LogP contribution in [0.25, 0.3) is 10.8 Å². The number of unbranched alkanes of at least 4 members (excludes halogenated alkanes) is 1. The Hall–Kier alpha value is -1.77. The summed E-state index contributed by atoms with van der Waals surface area (Å²) in [6.07, 6.45) is 5.54. The molecule has 1 heterocycles. The molecule has 0 aliphatic heterocycles. The molecule has 0 aliphatic carbocycles. The van der Waals surface area contributed by atoms with E-state index >= 15 is 0 Å². The first-order chi connectivity index (χ1) is 9.11. The molecule has 3 N–H and O–H groups in total. The van der Waals surface area contributed by atoms with Gasteiger partial charge in [-0.2, -0.15) is 0 Å². The number of nitrogens with zero attached hydrogens (tertiary/aromatic N) is 1. The molecule has 0 fully saturated rings. The molecule has 102 valence electrons. The van der Waals surface area contributed by atoms with Crippen molar-refractivity contribution in [1.29, 1.82) is 0 Å². The van der Waals surface area contributed by atoms with Crippen molar-refractivity contribution in [3.63, 3.8) is 0 Å². The molecule has 19 heavy (non-hydrogen) atoms. The quantitative estimate of drug-likeness (QED) is 0.792. The van der Waals surface area contributed by atoms with Crippen LogP contribution in [-0.4, -0.2) is 11.0 Å². The monoisotopic (exact) mass is 257 g/mol. The SMILES string of the molecule is CCCCC(C)Nc1ccc(N)c2cnc(C)cc12. The first kappa shape index (κ1) is 13.7. The van der Waals surface area contributed by atoms with Crippen LogP contribution in [0, 0.1) is 6.92 Å². The van der Waals surface area contributed by atoms with Gasteiger partial charge < -0.3 is 11.1 Å². The largest absolute Gasteiger partial charge is 0.398 e. The predicted octanol–water partition coefficient (Wildman–Crippen LogP) is 4.12. The van der Waals surface area contributed by atoms with Crippen LogP contribution in [0.3, 0.4) is 0 Å². The first-order valence-electron chi connectivity index (χ1n) is 7.03. The summed E-state index contributed by atoms with van der Waals surface area (Å²) in [5.74, 6) is 0. The number of nitrogens with two attached hydrogens (primary N) is 1. The van der Waals surface area contributed by atoms with Crippen molar-refractivity contribution >= 4 is 22.1 Å². The number of aromatic nitrogens is 1. The minimum Gasteiger partial charge on any atom is -0.398 e. The molecule has 1 atom stereocenters. The lowest BCUT2D eigenvalue weighted by atomic mass is 10.1. The number of hydrogen-bond acceptors (Lipinski definition) is 3. The summed E-state index contributed by atoms with van der Waals surface area (Å²) >= 11 is 0. The van der Waals surface area contributed by atoms with Crippen LogP contribution in [0.4, 0.5) is 11.4 Å². The van der Waals surface area contributed by atoms with Gasteiger partial charge in [-0.05, 0) is 38.5 Å². The number of nitrogen functional groups attached to an aromatic ring is 1. The third-order valence-electron chi connectivity index (χ3n) is 3.46. The standard InChI is InChI=1S/C16H23N3/c1-4-5-6-11(2)19-16-8-7-15(17)14-10-18-12(3)9-13(14)16/h7-11,19H,4-6,17H2,1-3H3. The summed E-state index contributed by atoms with van der Waals surface area (Å²) < 4.78 is 0. The van der Waals surface area contributed by atoms with Crippen molar-refractivity contribution in [2.75, 3.05) is 11.1 Å². The molecule has 0 saturated carbocycles. The minimum absolute atomic E-state index is 0.472. The van der Waals surface area contributed by atoms with Crippen LogP contribution in [0.15, 0.2) is 24.4 Å². The summed E-state index contributed by atoms with van der Waals surface area (Å²) in [5, 5.41) is 5.78. The Balaban J connectivity index is 2.32. The first-order valence-corrected chi connectivity index (χ1v) is 7.03. The molecule has 3 heteroatoms. The van der Waals surface area contributed by atoms with Gasteiger partial charge in [0.2, 0.25) is 0 Å². The van der Waals surface area contributed by atoms with E-state index in [0.29, 0.717) is 6.04 Å². The summed E-state index contributed by atoms with van der Waals surface area (Å²) in [5.41, 5.74) is 8.97. The van der Waals surface area contributed by atoms with Crippen molar-refractivity contribution < 1.29 is 0 Å². The van der Waals surface area contributed by atoms with Crippen molar-refractivity contribution in [2.45, 2.75) is 46.1 Å². The number of benzene rings is 1. The van der Waals surface area contributed by atoms with Gasteiger partial charge in [-0.25, -0.2) is 0 Å². The molecule has 0 radical (unpaired) electrons. The van der Waals surface area contributed by atoms with Crippen molar-refractivity contribution in [1.82, 2.24) is 4.98 Å². The molecule has 2 rings (SSSR count). The lowest BCUT2D eigenvalue weighted by Crippen LogP contribution is -2.15. The van der Waals surface area contributed by atoms with E-state index in [1.165, 1.54) is 19.3 Å². The van der Waals surface area contributed by atoms with E-state index < -0.39 is 0 Å². The average molecular weight is 257 g/mol. The lowest BCUT2D eigenvalue weighted by Gasteiger charge is -2.17. The Morgan fingerprint density at radius 2 is 2.11 bits per heavy atom.